The van der Waals surface area contributed by atoms with Crippen LogP contribution >= 0.6 is 0 Å². The molecule has 0 N–H and O–H groups in total. The number of morpholine rings is 1. The number of benzene rings is 1. The Kier molecular flexibility index (Phi) is 7.04. The van der Waals surface area contributed by atoms with Crippen LogP contribution in [0.5, 0.6) is 0 Å². The molecule has 3 rings (SSSR count). The second-order valence-electron chi connectivity index (χ2n) is 7.22. The molecular formula is C21H29N3O3. The number of hydrogen-bond acceptors (Lipinski definition) is 5. The average molecular weight is 371 g/mol. The van der Waals surface area contributed by atoms with Gasteiger partial charge in [-0.2, -0.15) is 0 Å². The predicted molar refractivity (Wildman–Crippen MR) is 104 cm³/mol. The zero-order valence-corrected chi connectivity index (χ0v) is 16.2. The number of rotatable bonds is 8. The van der Waals surface area contributed by atoms with Gasteiger partial charge in [-0.3, -0.25) is 9.69 Å². The maximum atomic E-state index is 13.1. The van der Waals surface area contributed by atoms with Crippen molar-refractivity contribution in [1.82, 2.24) is 14.7 Å². The molecule has 0 spiro atoms. The number of amides is 1. The van der Waals surface area contributed by atoms with Crippen molar-refractivity contribution in [3.8, 4) is 0 Å². The van der Waals surface area contributed by atoms with Crippen molar-refractivity contribution in [3.63, 3.8) is 0 Å². The van der Waals surface area contributed by atoms with Gasteiger partial charge in [0.15, 0.2) is 0 Å². The van der Waals surface area contributed by atoms with Crippen LogP contribution < -0.4 is 0 Å². The molecule has 1 saturated heterocycles. The fourth-order valence-electron chi connectivity index (χ4n) is 3.22. The molecule has 0 saturated carbocycles. The van der Waals surface area contributed by atoms with Crippen LogP contribution in [-0.4, -0.2) is 73.6 Å². The number of ether oxygens (including phenoxy) is 1. The molecule has 1 atom stereocenters. The van der Waals surface area contributed by atoms with Gasteiger partial charge in [-0.05, 0) is 31.8 Å². The standard InChI is InChI=1S/C21H29N3O3/c1-22(2)10-11-24(16-19-9-6-13-26-19)21(25)20-17-23(12-14-27-20)15-18-7-4-3-5-8-18/h3-9,13,20H,10-12,14-17H2,1-2H3/t20-/m1/s1. The van der Waals surface area contributed by atoms with E-state index in [1.165, 1.54) is 5.56 Å². The maximum absolute atomic E-state index is 13.1. The molecule has 6 heteroatoms. The van der Waals surface area contributed by atoms with Gasteiger partial charge in [-0.15, -0.1) is 0 Å². The first-order valence-corrected chi connectivity index (χ1v) is 9.45. The molecule has 2 heterocycles. The SMILES string of the molecule is CN(C)CCN(Cc1ccco1)C(=O)[C@H]1CN(Cc2ccccc2)CCO1. The number of nitrogens with zero attached hydrogens (tertiary/aromatic N) is 3. The van der Waals surface area contributed by atoms with Gasteiger partial charge in [-0.1, -0.05) is 30.3 Å². The van der Waals surface area contributed by atoms with E-state index in [0.29, 0.717) is 26.2 Å². The number of furan rings is 1. The summed E-state index contributed by atoms with van der Waals surface area (Å²) in [4.78, 5) is 19.4. The Morgan fingerprint density at radius 3 is 2.67 bits per heavy atom. The molecule has 0 radical (unpaired) electrons. The second kappa shape index (κ2) is 9.69. The minimum atomic E-state index is -0.431. The minimum Gasteiger partial charge on any atom is -0.467 e. The Morgan fingerprint density at radius 1 is 1.15 bits per heavy atom. The molecular weight excluding hydrogens is 342 g/mol. The number of likely N-dealkylation sites (N-methyl/N-ethyl adjacent to an activating group) is 1. The van der Waals surface area contributed by atoms with Crippen LogP contribution in [0, 0.1) is 0 Å². The molecule has 2 aromatic rings. The molecule has 0 bridgehead atoms. The monoisotopic (exact) mass is 371 g/mol. The first kappa shape index (κ1) is 19.6. The second-order valence-corrected chi connectivity index (χ2v) is 7.22. The fraction of sp³-hybridized carbons (Fsp3) is 0.476. The van der Waals surface area contributed by atoms with Crippen LogP contribution in [0.4, 0.5) is 0 Å². The van der Waals surface area contributed by atoms with Gasteiger partial charge in [0.2, 0.25) is 0 Å². The van der Waals surface area contributed by atoms with Gasteiger partial charge in [0, 0.05) is 32.7 Å². The van der Waals surface area contributed by atoms with Crippen LogP contribution in [0.25, 0.3) is 0 Å². The lowest BCUT2D eigenvalue weighted by Crippen LogP contribution is -2.51. The molecule has 1 aromatic heterocycles. The van der Waals surface area contributed by atoms with Crippen molar-refractivity contribution in [2.45, 2.75) is 19.2 Å². The first-order chi connectivity index (χ1) is 13.1. The smallest absolute Gasteiger partial charge is 0.253 e. The summed E-state index contributed by atoms with van der Waals surface area (Å²) in [6.07, 6.45) is 1.21. The van der Waals surface area contributed by atoms with E-state index in [0.717, 1.165) is 25.4 Å². The van der Waals surface area contributed by atoms with Crippen LogP contribution in [-0.2, 0) is 22.6 Å². The molecule has 1 aromatic carbocycles. The Hall–Kier alpha value is -2.15. The van der Waals surface area contributed by atoms with E-state index in [1.54, 1.807) is 6.26 Å². The lowest BCUT2D eigenvalue weighted by atomic mass is 10.1. The number of hydrogen-bond donors (Lipinski definition) is 0. The first-order valence-electron chi connectivity index (χ1n) is 9.45. The third-order valence-electron chi connectivity index (χ3n) is 4.73. The molecule has 1 aliphatic heterocycles. The summed E-state index contributed by atoms with van der Waals surface area (Å²) in [6, 6.07) is 14.1. The van der Waals surface area contributed by atoms with E-state index < -0.39 is 6.10 Å². The Bertz CT molecular complexity index is 688. The van der Waals surface area contributed by atoms with Crippen LogP contribution in [0.3, 0.4) is 0 Å². The summed E-state index contributed by atoms with van der Waals surface area (Å²) in [5, 5.41) is 0. The predicted octanol–water partition coefficient (Wildman–Crippen LogP) is 2.07. The summed E-state index contributed by atoms with van der Waals surface area (Å²) < 4.78 is 11.3. The van der Waals surface area contributed by atoms with Crippen LogP contribution in [0.2, 0.25) is 0 Å². The molecule has 146 valence electrons. The molecule has 1 fully saturated rings. The van der Waals surface area contributed by atoms with E-state index in [2.05, 4.69) is 21.9 Å². The van der Waals surface area contributed by atoms with Crippen molar-refractivity contribution in [2.75, 3.05) is 46.9 Å². The van der Waals surface area contributed by atoms with Crippen LogP contribution in [0.15, 0.2) is 53.1 Å². The summed E-state index contributed by atoms with van der Waals surface area (Å²) in [5.41, 5.74) is 1.26. The van der Waals surface area contributed by atoms with Gasteiger partial charge in [-0.25, -0.2) is 0 Å². The van der Waals surface area contributed by atoms with E-state index in [9.17, 15) is 4.79 Å². The van der Waals surface area contributed by atoms with E-state index in [1.807, 2.05) is 49.3 Å². The van der Waals surface area contributed by atoms with Gasteiger partial charge in [0.1, 0.15) is 11.9 Å². The average Bonchev–Trinajstić information content (AvgIpc) is 3.18. The highest BCUT2D eigenvalue weighted by atomic mass is 16.5. The van der Waals surface area contributed by atoms with Crippen molar-refractivity contribution in [2.24, 2.45) is 0 Å². The molecule has 0 aliphatic carbocycles. The number of carbonyl (C=O) groups is 1. The maximum Gasteiger partial charge on any atom is 0.253 e. The van der Waals surface area contributed by atoms with Gasteiger partial charge in [0.05, 0.1) is 19.4 Å². The molecule has 1 aliphatic rings. The van der Waals surface area contributed by atoms with Crippen molar-refractivity contribution >= 4 is 5.91 Å². The van der Waals surface area contributed by atoms with Gasteiger partial charge >= 0.3 is 0 Å². The minimum absolute atomic E-state index is 0.0333. The zero-order chi connectivity index (χ0) is 19.1. The molecule has 27 heavy (non-hydrogen) atoms. The lowest BCUT2D eigenvalue weighted by molar-refractivity contribution is -0.150. The van der Waals surface area contributed by atoms with Gasteiger partial charge in [0.25, 0.3) is 5.91 Å². The molecule has 1 amide bonds. The normalized spacial score (nSPS) is 18.0. The van der Waals surface area contributed by atoms with Crippen molar-refractivity contribution < 1.29 is 13.9 Å². The van der Waals surface area contributed by atoms with E-state index in [-0.39, 0.29) is 5.91 Å². The summed E-state index contributed by atoms with van der Waals surface area (Å²) in [5.74, 6) is 0.824. The highest BCUT2D eigenvalue weighted by molar-refractivity contribution is 5.81. The topological polar surface area (TPSA) is 49.2 Å². The summed E-state index contributed by atoms with van der Waals surface area (Å²) in [7, 11) is 4.02. The largest absolute Gasteiger partial charge is 0.467 e. The highest BCUT2D eigenvalue weighted by Crippen LogP contribution is 2.14. The number of carbonyl (C=O) groups excluding carboxylic acids is 1. The lowest BCUT2D eigenvalue weighted by Gasteiger charge is -2.35. The van der Waals surface area contributed by atoms with Crippen molar-refractivity contribution in [3.05, 3.63) is 60.1 Å². The quantitative estimate of drug-likeness (QED) is 0.711. The van der Waals surface area contributed by atoms with Gasteiger partial charge < -0.3 is 19.0 Å². The van der Waals surface area contributed by atoms with E-state index >= 15 is 0 Å². The third-order valence-corrected chi connectivity index (χ3v) is 4.73. The fourth-order valence-corrected chi connectivity index (χ4v) is 3.22. The van der Waals surface area contributed by atoms with E-state index in [4.69, 9.17) is 9.15 Å². The Balaban J connectivity index is 1.62. The van der Waals surface area contributed by atoms with Crippen molar-refractivity contribution in [1.29, 1.82) is 0 Å². The Morgan fingerprint density at radius 2 is 1.96 bits per heavy atom. The summed E-state index contributed by atoms with van der Waals surface area (Å²) >= 11 is 0. The zero-order valence-electron chi connectivity index (χ0n) is 16.2. The van der Waals surface area contributed by atoms with Crippen LogP contribution in [0.1, 0.15) is 11.3 Å². The third kappa shape index (κ3) is 5.92. The summed E-state index contributed by atoms with van der Waals surface area (Å²) in [6.45, 7) is 4.78. The highest BCUT2D eigenvalue weighted by Gasteiger charge is 2.30. The molecule has 0 unspecified atom stereocenters. The Labute approximate surface area is 161 Å². The molecule has 6 nitrogen and oxygen atoms in total.